The molecule has 1 N–H and O–H groups in total. The second-order valence-electron chi connectivity index (χ2n) is 5.42. The molecular formula is C16H19BrN2S. The summed E-state index contributed by atoms with van der Waals surface area (Å²) in [7, 11) is 0. The van der Waals surface area contributed by atoms with Gasteiger partial charge in [0.2, 0.25) is 0 Å². The van der Waals surface area contributed by atoms with Crippen LogP contribution in [0.1, 0.15) is 44.3 Å². The lowest BCUT2D eigenvalue weighted by molar-refractivity contribution is 0.581. The quantitative estimate of drug-likeness (QED) is 0.769. The second-order valence-corrected chi connectivity index (χ2v) is 6.60. The average molecular weight is 351 g/mol. The normalized spacial score (nSPS) is 11.6. The molecule has 0 radical (unpaired) electrons. The van der Waals surface area contributed by atoms with E-state index in [9.17, 15) is 0 Å². The summed E-state index contributed by atoms with van der Waals surface area (Å²) >= 11 is 8.92. The molecule has 20 heavy (non-hydrogen) atoms. The van der Waals surface area contributed by atoms with Crippen molar-refractivity contribution in [3.8, 4) is 0 Å². The number of aryl methyl sites for hydroxylation is 1. The summed E-state index contributed by atoms with van der Waals surface area (Å²) in [6.07, 6.45) is 2.03. The third kappa shape index (κ3) is 3.01. The van der Waals surface area contributed by atoms with Gasteiger partial charge in [0.1, 0.15) is 10.5 Å². The van der Waals surface area contributed by atoms with Crippen LogP contribution in [0.4, 0.5) is 0 Å². The predicted molar refractivity (Wildman–Crippen MR) is 89.7 cm³/mol. The van der Waals surface area contributed by atoms with Crippen LogP contribution in [0, 0.1) is 4.64 Å². The molecule has 0 aliphatic carbocycles. The molecule has 2 aromatic rings. The van der Waals surface area contributed by atoms with E-state index in [0.29, 0.717) is 4.64 Å². The number of H-pyrrole nitrogens is 1. The first kappa shape index (κ1) is 15.4. The van der Waals surface area contributed by atoms with E-state index in [1.807, 2.05) is 6.07 Å². The number of nitrogens with zero attached hydrogens (tertiary/aromatic N) is 1. The fraction of sp³-hybridized carbons (Fsp3) is 0.375. The number of halogens is 1. The van der Waals surface area contributed by atoms with Gasteiger partial charge in [-0.25, -0.2) is 4.98 Å². The smallest absolute Gasteiger partial charge is 0.144 e. The van der Waals surface area contributed by atoms with E-state index in [1.165, 1.54) is 5.56 Å². The highest BCUT2D eigenvalue weighted by atomic mass is 79.9. The zero-order valence-electron chi connectivity index (χ0n) is 12.0. The number of hydrogen-bond acceptors (Lipinski definition) is 2. The Kier molecular flexibility index (Phi) is 4.76. The molecule has 0 amide bonds. The zero-order chi connectivity index (χ0) is 14.8. The number of rotatable bonds is 4. The van der Waals surface area contributed by atoms with E-state index in [-0.39, 0.29) is 5.41 Å². The van der Waals surface area contributed by atoms with E-state index in [2.05, 4.69) is 70.9 Å². The molecule has 1 aromatic carbocycles. The van der Waals surface area contributed by atoms with Crippen molar-refractivity contribution in [3.05, 3.63) is 56.5 Å². The van der Waals surface area contributed by atoms with Crippen LogP contribution >= 0.6 is 28.1 Å². The maximum atomic E-state index is 5.38. The van der Waals surface area contributed by atoms with E-state index < -0.39 is 0 Å². The Morgan fingerprint density at radius 3 is 2.50 bits per heavy atom. The van der Waals surface area contributed by atoms with Gasteiger partial charge in [-0.15, -0.1) is 0 Å². The molecule has 0 aliphatic rings. The lowest BCUT2D eigenvalue weighted by Gasteiger charge is -2.25. The summed E-state index contributed by atoms with van der Waals surface area (Å²) in [5.74, 6) is 0.917. The second kappa shape index (κ2) is 6.19. The highest BCUT2D eigenvalue weighted by Crippen LogP contribution is 2.30. The lowest BCUT2D eigenvalue weighted by atomic mass is 9.83. The Bertz CT molecular complexity index is 647. The summed E-state index contributed by atoms with van der Waals surface area (Å²) in [6.45, 7) is 6.49. The number of benzene rings is 1. The van der Waals surface area contributed by atoms with Crippen LogP contribution in [0.15, 0.2) is 34.8 Å². The molecule has 0 bridgehead atoms. The van der Waals surface area contributed by atoms with Crippen molar-refractivity contribution >= 4 is 28.1 Å². The molecule has 0 aliphatic heterocycles. The number of hydrogen-bond donors (Lipinski definition) is 1. The Balaban J connectivity index is 2.55. The predicted octanol–water partition coefficient (Wildman–Crippen LogP) is 5.18. The van der Waals surface area contributed by atoms with Gasteiger partial charge in [-0.05, 0) is 41.8 Å². The van der Waals surface area contributed by atoms with Crippen LogP contribution in [0.25, 0.3) is 0 Å². The fourth-order valence-electron chi connectivity index (χ4n) is 2.22. The highest BCUT2D eigenvalue weighted by molar-refractivity contribution is 9.10. The Hall–Kier alpha value is -1.00. The van der Waals surface area contributed by atoms with Crippen molar-refractivity contribution in [2.24, 2.45) is 0 Å². The first-order valence-electron chi connectivity index (χ1n) is 6.81. The molecular weight excluding hydrogens is 332 g/mol. The molecule has 2 rings (SSSR count). The number of aromatic amines is 1. The van der Waals surface area contributed by atoms with Crippen LogP contribution in [0.3, 0.4) is 0 Å². The van der Waals surface area contributed by atoms with E-state index in [4.69, 9.17) is 12.2 Å². The summed E-state index contributed by atoms with van der Waals surface area (Å²) in [6, 6.07) is 10.4. The van der Waals surface area contributed by atoms with Gasteiger partial charge in [-0.1, -0.05) is 55.9 Å². The Labute approximate surface area is 133 Å². The van der Waals surface area contributed by atoms with Crippen LogP contribution in [-0.2, 0) is 11.8 Å². The molecule has 0 fully saturated rings. The van der Waals surface area contributed by atoms with Crippen LogP contribution in [0.5, 0.6) is 0 Å². The van der Waals surface area contributed by atoms with Gasteiger partial charge in [0.05, 0.1) is 4.47 Å². The fourth-order valence-corrected chi connectivity index (χ4v) is 2.82. The molecule has 0 spiro atoms. The van der Waals surface area contributed by atoms with Crippen LogP contribution < -0.4 is 0 Å². The largest absolute Gasteiger partial charge is 0.345 e. The molecule has 0 unspecified atom stereocenters. The molecule has 1 heterocycles. The molecule has 4 heteroatoms. The van der Waals surface area contributed by atoms with Crippen LogP contribution in [-0.4, -0.2) is 9.97 Å². The van der Waals surface area contributed by atoms with E-state index in [1.54, 1.807) is 0 Å². The Morgan fingerprint density at radius 2 is 1.90 bits per heavy atom. The Morgan fingerprint density at radius 1 is 1.25 bits per heavy atom. The molecule has 2 nitrogen and oxygen atoms in total. The lowest BCUT2D eigenvalue weighted by Crippen LogP contribution is -2.23. The minimum Gasteiger partial charge on any atom is -0.345 e. The molecule has 106 valence electrons. The molecule has 0 atom stereocenters. The van der Waals surface area contributed by atoms with Gasteiger partial charge in [0, 0.05) is 11.1 Å². The van der Waals surface area contributed by atoms with Crippen molar-refractivity contribution in [3.63, 3.8) is 0 Å². The van der Waals surface area contributed by atoms with Crippen LogP contribution in [0.2, 0.25) is 0 Å². The van der Waals surface area contributed by atoms with Crippen molar-refractivity contribution in [1.82, 2.24) is 9.97 Å². The average Bonchev–Trinajstić information content (AvgIpc) is 2.44. The van der Waals surface area contributed by atoms with Gasteiger partial charge >= 0.3 is 0 Å². The molecule has 0 saturated heterocycles. The third-order valence-electron chi connectivity index (χ3n) is 3.52. The van der Waals surface area contributed by atoms with Crippen molar-refractivity contribution in [2.75, 3.05) is 0 Å². The third-order valence-corrected chi connectivity index (χ3v) is 4.93. The topological polar surface area (TPSA) is 28.7 Å². The summed E-state index contributed by atoms with van der Waals surface area (Å²) in [5.41, 5.74) is 2.16. The van der Waals surface area contributed by atoms with Crippen molar-refractivity contribution < 1.29 is 0 Å². The van der Waals surface area contributed by atoms with Gasteiger partial charge in [-0.3, -0.25) is 0 Å². The monoisotopic (exact) mass is 350 g/mol. The zero-order valence-corrected chi connectivity index (χ0v) is 14.4. The first-order chi connectivity index (χ1) is 9.46. The summed E-state index contributed by atoms with van der Waals surface area (Å²) in [5, 5.41) is 0. The minimum absolute atomic E-state index is 0.196. The van der Waals surface area contributed by atoms with Crippen molar-refractivity contribution in [1.29, 1.82) is 0 Å². The van der Waals surface area contributed by atoms with E-state index in [0.717, 1.165) is 28.8 Å². The van der Waals surface area contributed by atoms with Gasteiger partial charge in [0.25, 0.3) is 0 Å². The minimum atomic E-state index is -0.196. The number of nitrogens with one attached hydrogen (secondary N) is 1. The number of aromatic nitrogens is 2. The molecule has 1 aromatic heterocycles. The highest BCUT2D eigenvalue weighted by Gasteiger charge is 2.26. The summed E-state index contributed by atoms with van der Waals surface area (Å²) < 4.78 is 1.55. The van der Waals surface area contributed by atoms with Gasteiger partial charge in [0.15, 0.2) is 0 Å². The SMILES string of the molecule is CCCc1[nH]c(C(C)(C)c2ccccc2)nc(=S)c1Br. The standard InChI is InChI=1S/C16H19BrN2S/c1-4-8-12-13(17)14(20)19-15(18-12)16(2,3)11-9-6-5-7-10-11/h5-7,9-10H,4,8H2,1-3H3,(H,18,19,20). The van der Waals surface area contributed by atoms with Crippen molar-refractivity contribution in [2.45, 2.75) is 39.0 Å². The van der Waals surface area contributed by atoms with Gasteiger partial charge in [-0.2, -0.15) is 0 Å². The van der Waals surface area contributed by atoms with Gasteiger partial charge < -0.3 is 4.98 Å². The first-order valence-corrected chi connectivity index (χ1v) is 8.01. The molecule has 0 saturated carbocycles. The van der Waals surface area contributed by atoms with E-state index >= 15 is 0 Å². The summed E-state index contributed by atoms with van der Waals surface area (Å²) in [4.78, 5) is 8.04. The maximum absolute atomic E-state index is 5.38. The maximum Gasteiger partial charge on any atom is 0.144 e.